The second kappa shape index (κ2) is 8.54. The number of carbonyl (C=O) groups is 1. The van der Waals surface area contributed by atoms with E-state index in [2.05, 4.69) is 0 Å². The Bertz CT molecular complexity index is 784. The van der Waals surface area contributed by atoms with Gasteiger partial charge in [-0.15, -0.1) is 0 Å². The molecule has 3 rings (SSSR count). The van der Waals surface area contributed by atoms with Crippen molar-refractivity contribution in [3.8, 4) is 5.75 Å². The maximum atomic E-state index is 14.0. The molecular formula is C20H21F2NO2S. The quantitative estimate of drug-likeness (QED) is 0.799. The number of methoxy groups -OCH3 is 1. The molecule has 0 radical (unpaired) electrons. The average Bonchev–Trinajstić information content (AvgIpc) is 2.90. The first-order chi connectivity index (χ1) is 12.6. The van der Waals surface area contributed by atoms with Crippen molar-refractivity contribution < 1.29 is 18.3 Å². The van der Waals surface area contributed by atoms with Crippen LogP contribution in [-0.2, 0) is 11.2 Å². The number of hydrogen-bond donors (Lipinski definition) is 0. The van der Waals surface area contributed by atoms with Crippen molar-refractivity contribution in [2.75, 3.05) is 26.0 Å². The van der Waals surface area contributed by atoms with Crippen molar-refractivity contribution in [2.24, 2.45) is 0 Å². The molecule has 1 atom stereocenters. The molecular weight excluding hydrogens is 356 g/mol. The van der Waals surface area contributed by atoms with Gasteiger partial charge in [0.25, 0.3) is 0 Å². The smallest absolute Gasteiger partial charge is 0.227 e. The number of carbonyl (C=O) groups excluding carboxylic acids is 1. The van der Waals surface area contributed by atoms with Gasteiger partial charge in [0.2, 0.25) is 5.91 Å². The Kier molecular flexibility index (Phi) is 6.14. The summed E-state index contributed by atoms with van der Waals surface area (Å²) in [6, 6.07) is 11.0. The summed E-state index contributed by atoms with van der Waals surface area (Å²) in [5.74, 6) is 0.589. The lowest BCUT2D eigenvalue weighted by atomic mass is 10.1. The number of para-hydroxylation sites is 1. The molecule has 0 spiro atoms. The molecule has 0 saturated carbocycles. The maximum absolute atomic E-state index is 14.0. The zero-order valence-corrected chi connectivity index (χ0v) is 15.4. The van der Waals surface area contributed by atoms with Gasteiger partial charge in [-0.3, -0.25) is 4.79 Å². The highest BCUT2D eigenvalue weighted by molar-refractivity contribution is 7.99. The van der Waals surface area contributed by atoms with Crippen LogP contribution in [0, 0.1) is 11.6 Å². The molecule has 0 N–H and O–H groups in total. The SMILES string of the molecule is COc1ccccc1CC(=O)N1CCS[C@@H](c2cc(F)ccc2F)CC1. The minimum Gasteiger partial charge on any atom is -0.496 e. The molecule has 26 heavy (non-hydrogen) atoms. The summed E-state index contributed by atoms with van der Waals surface area (Å²) in [4.78, 5) is 14.5. The molecule has 138 valence electrons. The highest BCUT2D eigenvalue weighted by Crippen LogP contribution is 2.36. The van der Waals surface area contributed by atoms with E-state index in [1.54, 1.807) is 23.8 Å². The molecule has 6 heteroatoms. The Morgan fingerprint density at radius 2 is 2.04 bits per heavy atom. The number of nitrogens with zero attached hydrogens (tertiary/aromatic N) is 1. The second-order valence-electron chi connectivity index (χ2n) is 6.18. The van der Waals surface area contributed by atoms with Gasteiger partial charge in [-0.05, 0) is 30.7 Å². The molecule has 2 aromatic carbocycles. The van der Waals surface area contributed by atoms with Crippen molar-refractivity contribution >= 4 is 17.7 Å². The van der Waals surface area contributed by atoms with Crippen LogP contribution >= 0.6 is 11.8 Å². The fourth-order valence-corrected chi connectivity index (χ4v) is 4.40. The van der Waals surface area contributed by atoms with Crippen molar-refractivity contribution in [1.29, 1.82) is 0 Å². The first kappa shape index (κ1) is 18.7. The van der Waals surface area contributed by atoms with Crippen LogP contribution in [0.3, 0.4) is 0 Å². The number of benzene rings is 2. The van der Waals surface area contributed by atoms with Gasteiger partial charge in [0.1, 0.15) is 17.4 Å². The van der Waals surface area contributed by atoms with Crippen LogP contribution in [0.4, 0.5) is 8.78 Å². The molecule has 0 aromatic heterocycles. The summed E-state index contributed by atoms with van der Waals surface area (Å²) >= 11 is 1.57. The molecule has 1 heterocycles. The summed E-state index contributed by atoms with van der Waals surface area (Å²) in [6.45, 7) is 1.13. The largest absolute Gasteiger partial charge is 0.496 e. The number of ether oxygens (including phenoxy) is 1. The van der Waals surface area contributed by atoms with Gasteiger partial charge in [-0.2, -0.15) is 11.8 Å². The molecule has 0 aliphatic carbocycles. The van der Waals surface area contributed by atoms with E-state index in [0.717, 1.165) is 11.6 Å². The number of amides is 1. The predicted molar refractivity (Wildman–Crippen MR) is 99.5 cm³/mol. The lowest BCUT2D eigenvalue weighted by Crippen LogP contribution is -2.34. The van der Waals surface area contributed by atoms with Crippen LogP contribution in [0.25, 0.3) is 0 Å². The zero-order valence-electron chi connectivity index (χ0n) is 14.6. The lowest BCUT2D eigenvalue weighted by molar-refractivity contribution is -0.130. The standard InChI is InChI=1S/C20H21F2NO2S/c1-25-18-5-3-2-4-14(18)12-20(24)23-9-8-19(26-11-10-23)16-13-15(21)6-7-17(16)22/h2-7,13,19H,8-12H2,1H3/t19-/m1/s1. The molecule has 0 bridgehead atoms. The predicted octanol–water partition coefficient (Wildman–Crippen LogP) is 4.22. The number of thioether (sulfide) groups is 1. The molecule has 1 saturated heterocycles. The number of hydrogen-bond acceptors (Lipinski definition) is 3. The molecule has 1 aliphatic heterocycles. The Labute approximate surface area is 156 Å². The van der Waals surface area contributed by atoms with E-state index in [-0.39, 0.29) is 17.6 Å². The minimum absolute atomic E-state index is 0.0236. The molecule has 1 aliphatic rings. The molecule has 2 aromatic rings. The third-order valence-electron chi connectivity index (χ3n) is 4.53. The highest BCUT2D eigenvalue weighted by Gasteiger charge is 2.24. The van der Waals surface area contributed by atoms with Crippen molar-refractivity contribution in [3.63, 3.8) is 0 Å². The molecule has 1 amide bonds. The third kappa shape index (κ3) is 4.36. The van der Waals surface area contributed by atoms with Crippen molar-refractivity contribution in [2.45, 2.75) is 18.1 Å². The Balaban J connectivity index is 1.66. The van der Waals surface area contributed by atoms with Crippen LogP contribution in [0.15, 0.2) is 42.5 Å². The molecule has 3 nitrogen and oxygen atoms in total. The van der Waals surface area contributed by atoms with Crippen LogP contribution < -0.4 is 4.74 Å². The minimum atomic E-state index is -0.435. The van der Waals surface area contributed by atoms with Crippen LogP contribution in [-0.4, -0.2) is 36.8 Å². The Hall–Kier alpha value is -2.08. The van der Waals surface area contributed by atoms with Gasteiger partial charge in [-0.25, -0.2) is 8.78 Å². The topological polar surface area (TPSA) is 29.5 Å². The summed E-state index contributed by atoms with van der Waals surface area (Å²) in [6.07, 6.45) is 0.871. The normalized spacial score (nSPS) is 17.7. The molecule has 0 unspecified atom stereocenters. The summed E-state index contributed by atoms with van der Waals surface area (Å²) in [5, 5.41) is -0.144. The second-order valence-corrected chi connectivity index (χ2v) is 7.49. The number of rotatable bonds is 4. The van der Waals surface area contributed by atoms with E-state index >= 15 is 0 Å². The third-order valence-corrected chi connectivity index (χ3v) is 5.84. The fourth-order valence-electron chi connectivity index (χ4n) is 3.15. The van der Waals surface area contributed by atoms with Gasteiger partial charge < -0.3 is 9.64 Å². The monoisotopic (exact) mass is 377 g/mol. The van der Waals surface area contributed by atoms with Crippen molar-refractivity contribution in [1.82, 2.24) is 4.90 Å². The van der Waals surface area contributed by atoms with Crippen LogP contribution in [0.5, 0.6) is 5.75 Å². The summed E-state index contributed by atoms with van der Waals surface area (Å²) in [7, 11) is 1.59. The van der Waals surface area contributed by atoms with E-state index < -0.39 is 11.6 Å². The van der Waals surface area contributed by atoms with Gasteiger partial charge in [0.15, 0.2) is 0 Å². The van der Waals surface area contributed by atoms with E-state index in [4.69, 9.17) is 4.74 Å². The van der Waals surface area contributed by atoms with Crippen LogP contribution in [0.2, 0.25) is 0 Å². The van der Waals surface area contributed by atoms with Gasteiger partial charge >= 0.3 is 0 Å². The number of halogens is 2. The van der Waals surface area contributed by atoms with Gasteiger partial charge in [0.05, 0.1) is 13.5 Å². The summed E-state index contributed by atoms with van der Waals surface area (Å²) in [5.41, 5.74) is 1.23. The van der Waals surface area contributed by atoms with Crippen LogP contribution in [0.1, 0.15) is 22.8 Å². The molecule has 1 fully saturated rings. The van der Waals surface area contributed by atoms with E-state index in [1.165, 1.54) is 12.1 Å². The Morgan fingerprint density at radius 1 is 1.23 bits per heavy atom. The maximum Gasteiger partial charge on any atom is 0.227 e. The van der Waals surface area contributed by atoms with E-state index in [9.17, 15) is 13.6 Å². The Morgan fingerprint density at radius 3 is 2.85 bits per heavy atom. The van der Waals surface area contributed by atoms with E-state index in [0.29, 0.717) is 36.6 Å². The average molecular weight is 377 g/mol. The van der Waals surface area contributed by atoms with E-state index in [1.807, 2.05) is 24.3 Å². The fraction of sp³-hybridized carbons (Fsp3) is 0.350. The first-order valence-electron chi connectivity index (χ1n) is 8.54. The van der Waals surface area contributed by atoms with Gasteiger partial charge in [-0.1, -0.05) is 18.2 Å². The zero-order chi connectivity index (χ0) is 18.5. The highest BCUT2D eigenvalue weighted by atomic mass is 32.2. The van der Waals surface area contributed by atoms with Crippen molar-refractivity contribution in [3.05, 3.63) is 65.2 Å². The first-order valence-corrected chi connectivity index (χ1v) is 9.59. The lowest BCUT2D eigenvalue weighted by Gasteiger charge is -2.21. The van der Waals surface area contributed by atoms with Gasteiger partial charge in [0, 0.05) is 35.2 Å². The summed E-state index contributed by atoms with van der Waals surface area (Å²) < 4.78 is 32.8.